The molecule has 2 rings (SSSR count). The number of amides is 1. The van der Waals surface area contributed by atoms with E-state index in [4.69, 9.17) is 4.74 Å². The topological polar surface area (TPSA) is 110 Å². The standard InChI is InChI=1S/C13H14N4O4/c1-7-12(8(2)16-15-7)14-13(18)11-9(17(19)20)5-4-6-10(11)21-3/h4-6H,1-3H3,(H,14,18)(H,15,16). The van der Waals surface area contributed by atoms with Gasteiger partial charge in [-0.2, -0.15) is 5.10 Å². The molecule has 0 aliphatic heterocycles. The summed E-state index contributed by atoms with van der Waals surface area (Å²) in [4.78, 5) is 22.8. The molecule has 0 unspecified atom stereocenters. The molecule has 1 aromatic heterocycles. The van der Waals surface area contributed by atoms with E-state index in [-0.39, 0.29) is 17.0 Å². The molecule has 8 heteroatoms. The lowest BCUT2D eigenvalue weighted by molar-refractivity contribution is -0.385. The second-order valence-electron chi connectivity index (χ2n) is 4.37. The van der Waals surface area contributed by atoms with Crippen molar-refractivity contribution in [2.75, 3.05) is 12.4 Å². The first-order chi connectivity index (χ1) is 9.95. The van der Waals surface area contributed by atoms with E-state index in [0.29, 0.717) is 17.1 Å². The normalized spacial score (nSPS) is 10.2. The lowest BCUT2D eigenvalue weighted by Gasteiger charge is -2.09. The van der Waals surface area contributed by atoms with Crippen LogP contribution in [0.15, 0.2) is 18.2 Å². The number of aryl methyl sites for hydroxylation is 2. The Labute approximate surface area is 120 Å². The molecule has 0 fully saturated rings. The summed E-state index contributed by atoms with van der Waals surface area (Å²) in [5, 5.41) is 20.4. The van der Waals surface area contributed by atoms with Crippen molar-refractivity contribution in [3.63, 3.8) is 0 Å². The van der Waals surface area contributed by atoms with Crippen LogP contribution in [0.3, 0.4) is 0 Å². The zero-order valence-corrected chi connectivity index (χ0v) is 11.8. The molecule has 1 heterocycles. The first-order valence-electron chi connectivity index (χ1n) is 6.10. The van der Waals surface area contributed by atoms with E-state index in [0.717, 1.165) is 0 Å². The molecule has 2 N–H and O–H groups in total. The molecule has 0 saturated heterocycles. The largest absolute Gasteiger partial charge is 0.496 e. The molecular formula is C13H14N4O4. The molecule has 0 bridgehead atoms. The molecule has 0 atom stereocenters. The monoisotopic (exact) mass is 290 g/mol. The summed E-state index contributed by atoms with van der Waals surface area (Å²) in [6.07, 6.45) is 0. The van der Waals surface area contributed by atoms with Crippen LogP contribution in [0.25, 0.3) is 0 Å². The van der Waals surface area contributed by atoms with Crippen molar-refractivity contribution in [1.82, 2.24) is 10.2 Å². The second-order valence-corrected chi connectivity index (χ2v) is 4.37. The summed E-state index contributed by atoms with van der Waals surface area (Å²) in [6.45, 7) is 3.46. The van der Waals surface area contributed by atoms with Crippen molar-refractivity contribution in [3.8, 4) is 5.75 Å². The van der Waals surface area contributed by atoms with Gasteiger partial charge >= 0.3 is 0 Å². The SMILES string of the molecule is COc1cccc([N+](=O)[O-])c1C(=O)Nc1c(C)n[nH]c1C. The number of carbonyl (C=O) groups is 1. The average molecular weight is 290 g/mol. The van der Waals surface area contributed by atoms with Gasteiger partial charge < -0.3 is 10.1 Å². The maximum Gasteiger partial charge on any atom is 0.285 e. The number of nitro benzene ring substituents is 1. The van der Waals surface area contributed by atoms with Gasteiger partial charge in [0.2, 0.25) is 0 Å². The highest BCUT2D eigenvalue weighted by atomic mass is 16.6. The molecule has 1 amide bonds. The van der Waals surface area contributed by atoms with E-state index in [1.54, 1.807) is 13.8 Å². The minimum Gasteiger partial charge on any atom is -0.496 e. The number of methoxy groups -OCH3 is 1. The smallest absolute Gasteiger partial charge is 0.285 e. The first kappa shape index (κ1) is 14.5. The number of aromatic nitrogens is 2. The average Bonchev–Trinajstić information content (AvgIpc) is 2.78. The third kappa shape index (κ3) is 2.69. The Hall–Kier alpha value is -2.90. The van der Waals surface area contributed by atoms with Gasteiger partial charge in [-0.15, -0.1) is 0 Å². The number of ether oxygens (including phenoxy) is 1. The molecule has 8 nitrogen and oxygen atoms in total. The van der Waals surface area contributed by atoms with Gasteiger partial charge in [-0.25, -0.2) is 0 Å². The van der Waals surface area contributed by atoms with Crippen molar-refractivity contribution in [3.05, 3.63) is 45.3 Å². The highest BCUT2D eigenvalue weighted by Gasteiger charge is 2.26. The number of anilines is 1. The molecule has 21 heavy (non-hydrogen) atoms. The van der Waals surface area contributed by atoms with Crippen LogP contribution in [0.2, 0.25) is 0 Å². The second kappa shape index (κ2) is 5.61. The van der Waals surface area contributed by atoms with Gasteiger partial charge in [0, 0.05) is 6.07 Å². The van der Waals surface area contributed by atoms with Crippen LogP contribution in [0.5, 0.6) is 5.75 Å². The molecule has 1 aromatic carbocycles. The van der Waals surface area contributed by atoms with E-state index in [1.165, 1.54) is 25.3 Å². The molecule has 0 aliphatic rings. The summed E-state index contributed by atoms with van der Waals surface area (Å²) in [5.74, 6) is -0.479. The molecule has 2 aromatic rings. The molecule has 0 radical (unpaired) electrons. The highest BCUT2D eigenvalue weighted by molar-refractivity contribution is 6.09. The lowest BCUT2D eigenvalue weighted by Crippen LogP contribution is -2.16. The van der Waals surface area contributed by atoms with Crippen molar-refractivity contribution in [1.29, 1.82) is 0 Å². The number of hydrogen-bond donors (Lipinski definition) is 2. The van der Waals surface area contributed by atoms with Crippen LogP contribution < -0.4 is 10.1 Å². The maximum atomic E-state index is 12.4. The number of H-pyrrole nitrogens is 1. The predicted molar refractivity (Wildman–Crippen MR) is 75.7 cm³/mol. The Bertz CT molecular complexity index is 689. The molecule has 0 spiro atoms. The van der Waals surface area contributed by atoms with Gasteiger partial charge in [0.25, 0.3) is 11.6 Å². The first-order valence-corrected chi connectivity index (χ1v) is 6.10. The van der Waals surface area contributed by atoms with Gasteiger partial charge in [0.05, 0.1) is 29.1 Å². The van der Waals surface area contributed by atoms with Gasteiger partial charge in [-0.05, 0) is 19.9 Å². The van der Waals surface area contributed by atoms with Crippen LogP contribution in [-0.4, -0.2) is 28.1 Å². The third-order valence-corrected chi connectivity index (χ3v) is 3.01. The van der Waals surface area contributed by atoms with Crippen LogP contribution in [0.4, 0.5) is 11.4 Å². The number of carbonyl (C=O) groups excluding carboxylic acids is 1. The zero-order valence-electron chi connectivity index (χ0n) is 11.8. The van der Waals surface area contributed by atoms with E-state index in [2.05, 4.69) is 15.5 Å². The fraction of sp³-hybridized carbons (Fsp3) is 0.231. The van der Waals surface area contributed by atoms with Crippen molar-refractivity contribution >= 4 is 17.3 Å². The Morgan fingerprint density at radius 2 is 2.14 bits per heavy atom. The summed E-state index contributed by atoms with van der Waals surface area (Å²) in [5.41, 5.74) is 1.33. The maximum absolute atomic E-state index is 12.4. The number of nitro groups is 1. The summed E-state index contributed by atoms with van der Waals surface area (Å²) >= 11 is 0. The fourth-order valence-corrected chi connectivity index (χ4v) is 1.98. The van der Waals surface area contributed by atoms with E-state index in [1.807, 2.05) is 0 Å². The molecule has 0 aliphatic carbocycles. The van der Waals surface area contributed by atoms with Crippen LogP contribution in [0, 0.1) is 24.0 Å². The quantitative estimate of drug-likeness (QED) is 0.662. The zero-order chi connectivity index (χ0) is 15.6. The minimum absolute atomic E-state index is 0.120. The van der Waals surface area contributed by atoms with Crippen molar-refractivity contribution in [2.45, 2.75) is 13.8 Å². The van der Waals surface area contributed by atoms with Gasteiger partial charge in [-0.1, -0.05) is 6.07 Å². The highest BCUT2D eigenvalue weighted by Crippen LogP contribution is 2.29. The number of aromatic amines is 1. The Kier molecular flexibility index (Phi) is 3.88. The van der Waals surface area contributed by atoms with Crippen LogP contribution >= 0.6 is 0 Å². The summed E-state index contributed by atoms with van der Waals surface area (Å²) in [6, 6.07) is 4.21. The van der Waals surface area contributed by atoms with E-state index < -0.39 is 10.8 Å². The minimum atomic E-state index is -0.619. The van der Waals surface area contributed by atoms with E-state index >= 15 is 0 Å². The van der Waals surface area contributed by atoms with Gasteiger partial charge in [0.15, 0.2) is 5.56 Å². The summed E-state index contributed by atoms with van der Waals surface area (Å²) in [7, 11) is 1.35. The van der Waals surface area contributed by atoms with Crippen molar-refractivity contribution in [2.24, 2.45) is 0 Å². The van der Waals surface area contributed by atoms with Crippen LogP contribution in [-0.2, 0) is 0 Å². The van der Waals surface area contributed by atoms with E-state index in [9.17, 15) is 14.9 Å². The fourth-order valence-electron chi connectivity index (χ4n) is 1.98. The number of rotatable bonds is 4. The third-order valence-electron chi connectivity index (χ3n) is 3.01. The molecular weight excluding hydrogens is 276 g/mol. The Morgan fingerprint density at radius 3 is 2.67 bits per heavy atom. The summed E-state index contributed by atoms with van der Waals surface area (Å²) < 4.78 is 5.05. The number of hydrogen-bond acceptors (Lipinski definition) is 5. The Morgan fingerprint density at radius 1 is 1.43 bits per heavy atom. The number of nitrogens with one attached hydrogen (secondary N) is 2. The molecule has 0 saturated carbocycles. The molecule has 110 valence electrons. The van der Waals surface area contributed by atoms with Gasteiger partial charge in [-0.3, -0.25) is 20.0 Å². The predicted octanol–water partition coefficient (Wildman–Crippen LogP) is 2.20. The number of benzene rings is 1. The number of nitrogens with zero attached hydrogens (tertiary/aromatic N) is 2. The van der Waals surface area contributed by atoms with Gasteiger partial charge in [0.1, 0.15) is 5.75 Å². The lowest BCUT2D eigenvalue weighted by atomic mass is 10.1. The van der Waals surface area contributed by atoms with Crippen LogP contribution in [0.1, 0.15) is 21.7 Å². The van der Waals surface area contributed by atoms with Crippen molar-refractivity contribution < 1.29 is 14.5 Å². The Balaban J connectivity index is 2.46.